The van der Waals surface area contributed by atoms with Crippen LogP contribution in [0.4, 0.5) is 13.2 Å². The van der Waals surface area contributed by atoms with E-state index in [4.69, 9.17) is 0 Å². The molecule has 0 aliphatic carbocycles. The molecule has 1 aromatic heterocycles. The SMILES string of the molecule is Cn1cccc1C(O)CCNC(=O)c1ccccc1C(F)(F)F. The van der Waals surface area contributed by atoms with Gasteiger partial charge in [0.15, 0.2) is 0 Å². The van der Waals surface area contributed by atoms with E-state index < -0.39 is 29.3 Å². The molecule has 124 valence electrons. The number of rotatable bonds is 5. The van der Waals surface area contributed by atoms with E-state index in [1.807, 2.05) is 0 Å². The van der Waals surface area contributed by atoms with Crippen LogP contribution in [0.15, 0.2) is 42.6 Å². The number of benzene rings is 1. The quantitative estimate of drug-likeness (QED) is 0.888. The molecule has 2 aromatic rings. The van der Waals surface area contributed by atoms with Crippen LogP contribution in [-0.2, 0) is 13.2 Å². The molecule has 0 aliphatic heterocycles. The van der Waals surface area contributed by atoms with E-state index in [1.54, 1.807) is 29.9 Å². The van der Waals surface area contributed by atoms with E-state index in [9.17, 15) is 23.1 Å². The van der Waals surface area contributed by atoms with Crippen LogP contribution in [0.3, 0.4) is 0 Å². The van der Waals surface area contributed by atoms with E-state index in [0.717, 1.165) is 12.1 Å². The number of hydrogen-bond donors (Lipinski definition) is 2. The third-order valence-corrected chi connectivity index (χ3v) is 3.51. The van der Waals surface area contributed by atoms with Crippen molar-refractivity contribution in [2.45, 2.75) is 18.7 Å². The smallest absolute Gasteiger partial charge is 0.387 e. The number of amides is 1. The number of carbonyl (C=O) groups excluding carboxylic acids is 1. The Morgan fingerprint density at radius 1 is 1.26 bits per heavy atom. The number of aliphatic hydroxyl groups excluding tert-OH is 1. The van der Waals surface area contributed by atoms with Crippen molar-refractivity contribution in [3.63, 3.8) is 0 Å². The highest BCUT2D eigenvalue weighted by Crippen LogP contribution is 2.31. The molecule has 1 aromatic carbocycles. The highest BCUT2D eigenvalue weighted by molar-refractivity contribution is 5.95. The van der Waals surface area contributed by atoms with Crippen molar-refractivity contribution in [1.29, 1.82) is 0 Å². The lowest BCUT2D eigenvalue weighted by Gasteiger charge is -2.14. The van der Waals surface area contributed by atoms with Crippen LogP contribution >= 0.6 is 0 Å². The molecule has 2 rings (SSSR count). The van der Waals surface area contributed by atoms with E-state index >= 15 is 0 Å². The van der Waals surface area contributed by atoms with E-state index in [1.165, 1.54) is 12.1 Å². The fraction of sp³-hybridized carbons (Fsp3) is 0.312. The Kier molecular flexibility index (Phi) is 5.10. The van der Waals surface area contributed by atoms with Crippen molar-refractivity contribution in [3.05, 3.63) is 59.4 Å². The number of nitrogens with one attached hydrogen (secondary N) is 1. The minimum atomic E-state index is -4.59. The van der Waals surface area contributed by atoms with Gasteiger partial charge in [0.2, 0.25) is 0 Å². The van der Waals surface area contributed by atoms with Gasteiger partial charge in [-0.05, 0) is 30.7 Å². The zero-order valence-electron chi connectivity index (χ0n) is 12.5. The Morgan fingerprint density at radius 3 is 2.57 bits per heavy atom. The lowest BCUT2D eigenvalue weighted by atomic mass is 10.1. The zero-order chi connectivity index (χ0) is 17.0. The first-order valence-electron chi connectivity index (χ1n) is 7.04. The van der Waals surface area contributed by atoms with Crippen LogP contribution in [0.2, 0.25) is 0 Å². The largest absolute Gasteiger partial charge is 0.417 e. The predicted octanol–water partition coefficient (Wildman–Crippen LogP) is 2.90. The molecule has 1 atom stereocenters. The lowest BCUT2D eigenvalue weighted by molar-refractivity contribution is -0.137. The Labute approximate surface area is 131 Å². The summed E-state index contributed by atoms with van der Waals surface area (Å²) in [5.74, 6) is -0.808. The van der Waals surface area contributed by atoms with Crippen molar-refractivity contribution in [2.24, 2.45) is 7.05 Å². The Bertz CT molecular complexity index is 680. The number of aryl methyl sites for hydroxylation is 1. The maximum Gasteiger partial charge on any atom is 0.417 e. The summed E-state index contributed by atoms with van der Waals surface area (Å²) in [6.07, 6.45) is -3.40. The molecule has 0 saturated heterocycles. The summed E-state index contributed by atoms with van der Waals surface area (Å²) in [5.41, 5.74) is -0.719. The number of nitrogens with zero attached hydrogens (tertiary/aromatic N) is 1. The molecule has 0 bridgehead atoms. The summed E-state index contributed by atoms with van der Waals surface area (Å²) in [6, 6.07) is 8.13. The number of aliphatic hydroxyl groups is 1. The third kappa shape index (κ3) is 4.13. The molecule has 4 nitrogen and oxygen atoms in total. The van der Waals surface area contributed by atoms with E-state index in [0.29, 0.717) is 5.69 Å². The first-order valence-corrected chi connectivity index (χ1v) is 7.04. The number of alkyl halides is 3. The van der Waals surface area contributed by atoms with Crippen LogP contribution < -0.4 is 5.32 Å². The first kappa shape index (κ1) is 17.1. The average molecular weight is 326 g/mol. The molecule has 0 fully saturated rings. The monoisotopic (exact) mass is 326 g/mol. The Balaban J connectivity index is 1.97. The fourth-order valence-corrected chi connectivity index (χ4v) is 2.31. The van der Waals surface area contributed by atoms with Crippen molar-refractivity contribution in [1.82, 2.24) is 9.88 Å². The van der Waals surface area contributed by atoms with Gasteiger partial charge < -0.3 is 15.0 Å². The molecule has 1 heterocycles. The van der Waals surface area contributed by atoms with Crippen molar-refractivity contribution >= 4 is 5.91 Å². The maximum absolute atomic E-state index is 12.9. The van der Waals surface area contributed by atoms with Gasteiger partial charge in [-0.1, -0.05) is 12.1 Å². The number of aromatic nitrogens is 1. The number of hydrogen-bond acceptors (Lipinski definition) is 2. The molecule has 0 aliphatic rings. The van der Waals surface area contributed by atoms with E-state index in [-0.39, 0.29) is 13.0 Å². The van der Waals surface area contributed by atoms with Gasteiger partial charge in [0.1, 0.15) is 0 Å². The average Bonchev–Trinajstić information content (AvgIpc) is 2.92. The zero-order valence-corrected chi connectivity index (χ0v) is 12.5. The Hall–Kier alpha value is -2.28. The molecule has 7 heteroatoms. The van der Waals surface area contributed by atoms with Gasteiger partial charge in [-0.3, -0.25) is 4.79 Å². The van der Waals surface area contributed by atoms with Crippen LogP contribution in [-0.4, -0.2) is 22.1 Å². The molecular weight excluding hydrogens is 309 g/mol. The molecule has 0 spiro atoms. The van der Waals surface area contributed by atoms with E-state index in [2.05, 4.69) is 5.32 Å². The summed E-state index contributed by atoms with van der Waals surface area (Å²) in [6.45, 7) is 0.0668. The van der Waals surface area contributed by atoms with Gasteiger partial charge in [-0.25, -0.2) is 0 Å². The second-order valence-electron chi connectivity index (χ2n) is 5.15. The van der Waals surface area contributed by atoms with Gasteiger partial charge in [0.25, 0.3) is 5.91 Å². The molecular formula is C16H17F3N2O2. The molecule has 2 N–H and O–H groups in total. The third-order valence-electron chi connectivity index (χ3n) is 3.51. The number of halogens is 3. The molecule has 1 amide bonds. The first-order chi connectivity index (χ1) is 10.8. The van der Waals surface area contributed by atoms with Crippen LogP contribution in [0.1, 0.15) is 34.1 Å². The minimum Gasteiger partial charge on any atom is -0.387 e. The Morgan fingerprint density at radius 2 is 1.96 bits per heavy atom. The van der Waals surface area contributed by atoms with Gasteiger partial charge in [-0.15, -0.1) is 0 Å². The van der Waals surface area contributed by atoms with Gasteiger partial charge in [-0.2, -0.15) is 13.2 Å². The second-order valence-corrected chi connectivity index (χ2v) is 5.15. The fourth-order valence-electron chi connectivity index (χ4n) is 2.31. The van der Waals surface area contributed by atoms with Crippen molar-refractivity contribution in [2.75, 3.05) is 6.54 Å². The summed E-state index contributed by atoms with van der Waals surface area (Å²) in [4.78, 5) is 11.9. The van der Waals surface area contributed by atoms with Gasteiger partial charge in [0, 0.05) is 25.5 Å². The summed E-state index contributed by atoms with van der Waals surface area (Å²) < 4.78 is 40.3. The molecule has 0 saturated carbocycles. The molecule has 23 heavy (non-hydrogen) atoms. The summed E-state index contributed by atoms with van der Waals surface area (Å²) >= 11 is 0. The van der Waals surface area contributed by atoms with Gasteiger partial charge >= 0.3 is 6.18 Å². The standard InChI is InChI=1S/C16H17F3N2O2/c1-21-10-4-7-13(21)14(22)8-9-20-15(23)11-5-2-3-6-12(11)16(17,18)19/h2-7,10,14,22H,8-9H2,1H3,(H,20,23). The summed E-state index contributed by atoms with van der Waals surface area (Å²) in [5, 5.41) is 12.4. The number of carbonyl (C=O) groups is 1. The molecule has 1 unspecified atom stereocenters. The maximum atomic E-state index is 12.9. The summed E-state index contributed by atoms with van der Waals surface area (Å²) in [7, 11) is 1.77. The predicted molar refractivity (Wildman–Crippen MR) is 78.8 cm³/mol. The highest BCUT2D eigenvalue weighted by Gasteiger charge is 2.34. The topological polar surface area (TPSA) is 54.3 Å². The second kappa shape index (κ2) is 6.87. The van der Waals surface area contributed by atoms with Crippen LogP contribution in [0.5, 0.6) is 0 Å². The van der Waals surface area contributed by atoms with Crippen LogP contribution in [0.25, 0.3) is 0 Å². The van der Waals surface area contributed by atoms with Crippen molar-refractivity contribution < 1.29 is 23.1 Å². The molecule has 0 radical (unpaired) electrons. The highest BCUT2D eigenvalue weighted by atomic mass is 19.4. The normalized spacial score (nSPS) is 12.9. The lowest BCUT2D eigenvalue weighted by Crippen LogP contribution is -2.28. The van der Waals surface area contributed by atoms with Crippen molar-refractivity contribution in [3.8, 4) is 0 Å². The van der Waals surface area contributed by atoms with Gasteiger partial charge in [0.05, 0.1) is 17.2 Å². The minimum absolute atomic E-state index is 0.0668. The van der Waals surface area contributed by atoms with Crippen LogP contribution in [0, 0.1) is 0 Å².